The van der Waals surface area contributed by atoms with E-state index in [1.54, 1.807) is 12.1 Å². The number of phenols is 2. The van der Waals surface area contributed by atoms with E-state index in [2.05, 4.69) is 21.3 Å². The van der Waals surface area contributed by atoms with Crippen molar-refractivity contribution in [2.45, 2.75) is 155 Å². The van der Waals surface area contributed by atoms with Gasteiger partial charge in [0.1, 0.15) is 34.6 Å². The lowest BCUT2D eigenvalue weighted by Gasteiger charge is -2.24. The molecule has 64 heavy (non-hydrogen) atoms. The standard InChI is InChI=1S/C56H62F2N2O4/c1-33-27-45(55(61)51(29-33)59-47-17-9-5-13-39(47)40-14-6-10-18-48(40)59)43-31-37(57)23-25-53(43)63-35(3)21-22-36(4)64-54-26-24-38(58)32-44(54)46-28-34(2)30-52(56(46)62)60-49-19-11-7-15-41(49)42-16-8-12-20-50(42)60/h23-32,35-36,61-62H,5-22H2,1-4H3/t35-,36+. The lowest BCUT2D eigenvalue weighted by atomic mass is 9.89. The Morgan fingerprint density at radius 3 is 1.14 bits per heavy atom. The van der Waals surface area contributed by atoms with Crippen molar-refractivity contribution in [1.29, 1.82) is 0 Å². The number of hydrogen-bond acceptors (Lipinski definition) is 4. The monoisotopic (exact) mass is 864 g/mol. The van der Waals surface area contributed by atoms with E-state index in [0.29, 0.717) is 46.6 Å². The highest BCUT2D eigenvalue weighted by Gasteiger charge is 2.31. The number of phenolic OH excluding ortho intramolecular Hbond substituents is 2. The van der Waals surface area contributed by atoms with Gasteiger partial charge in [0.05, 0.1) is 23.6 Å². The maximum Gasteiger partial charge on any atom is 0.147 e. The normalized spacial score (nSPS) is 16.7. The molecule has 10 rings (SSSR count). The van der Waals surface area contributed by atoms with Crippen LogP contribution in [0.25, 0.3) is 33.6 Å². The molecule has 6 nitrogen and oxygen atoms in total. The topological polar surface area (TPSA) is 68.8 Å². The predicted molar refractivity (Wildman–Crippen MR) is 251 cm³/mol. The van der Waals surface area contributed by atoms with Gasteiger partial charge in [-0.25, -0.2) is 8.78 Å². The number of fused-ring (bicyclic) bond motifs is 6. The largest absolute Gasteiger partial charge is 0.505 e. The Morgan fingerprint density at radius 2 is 0.797 bits per heavy atom. The maximum absolute atomic E-state index is 15.1. The first kappa shape index (κ1) is 42.5. The quantitative estimate of drug-likeness (QED) is 0.136. The highest BCUT2D eigenvalue weighted by molar-refractivity contribution is 5.81. The molecule has 2 N–H and O–H groups in total. The van der Waals surface area contributed by atoms with Crippen molar-refractivity contribution >= 4 is 0 Å². The van der Waals surface area contributed by atoms with Gasteiger partial charge in [-0.15, -0.1) is 0 Å². The van der Waals surface area contributed by atoms with Gasteiger partial charge in [0.2, 0.25) is 0 Å². The SMILES string of the molecule is Cc1cc(-c2cc(F)ccc2O[C@H](C)CC[C@H](C)Oc2ccc(F)cc2-c2cc(C)cc(-n3c4c(c5c3CCCC5)CCCC4)c2O)c(O)c(-n2c3c(c4c2CCCC4)CCCC3)c1. The molecule has 0 bridgehead atoms. The summed E-state index contributed by atoms with van der Waals surface area (Å²) in [6.45, 7) is 8.05. The fourth-order valence-electron chi connectivity index (χ4n) is 11.7. The van der Waals surface area contributed by atoms with Gasteiger partial charge >= 0.3 is 0 Å². The van der Waals surface area contributed by atoms with Crippen LogP contribution in [-0.2, 0) is 51.4 Å². The van der Waals surface area contributed by atoms with Gasteiger partial charge in [-0.05, 0) is 237 Å². The molecule has 0 radical (unpaired) electrons. The molecule has 0 saturated heterocycles. The van der Waals surface area contributed by atoms with Crippen molar-refractivity contribution in [2.24, 2.45) is 0 Å². The molecule has 4 aliphatic rings. The minimum atomic E-state index is -0.399. The summed E-state index contributed by atoms with van der Waals surface area (Å²) < 4.78 is 48.2. The van der Waals surface area contributed by atoms with Crippen molar-refractivity contribution in [3.8, 4) is 56.6 Å². The third kappa shape index (κ3) is 7.79. The second kappa shape index (κ2) is 17.5. The lowest BCUT2D eigenvalue weighted by Crippen LogP contribution is -2.19. The first-order chi connectivity index (χ1) is 31.0. The number of aromatic nitrogens is 2. The highest BCUT2D eigenvalue weighted by atomic mass is 19.1. The minimum Gasteiger partial charge on any atom is -0.505 e. The Morgan fingerprint density at radius 1 is 0.469 bits per heavy atom. The number of aromatic hydroxyl groups is 2. The van der Waals surface area contributed by atoms with Gasteiger partial charge in [0.15, 0.2) is 0 Å². The average Bonchev–Trinajstić information content (AvgIpc) is 3.81. The zero-order chi connectivity index (χ0) is 44.2. The average molecular weight is 865 g/mol. The summed E-state index contributed by atoms with van der Waals surface area (Å²) >= 11 is 0. The van der Waals surface area contributed by atoms with Gasteiger partial charge in [-0.1, -0.05) is 0 Å². The van der Waals surface area contributed by atoms with Gasteiger partial charge in [-0.3, -0.25) is 0 Å². The van der Waals surface area contributed by atoms with Crippen LogP contribution in [0, 0.1) is 25.5 Å². The van der Waals surface area contributed by atoms with Crippen LogP contribution >= 0.6 is 0 Å². The van der Waals surface area contributed by atoms with Crippen LogP contribution in [0.5, 0.6) is 23.0 Å². The van der Waals surface area contributed by atoms with E-state index in [0.717, 1.165) is 99.6 Å². The Hall–Kier alpha value is -5.50. The summed E-state index contributed by atoms with van der Waals surface area (Å²) in [4.78, 5) is 0. The summed E-state index contributed by atoms with van der Waals surface area (Å²) in [5, 5.41) is 24.3. The molecule has 0 aliphatic heterocycles. The van der Waals surface area contributed by atoms with Crippen LogP contribution in [0.3, 0.4) is 0 Å². The van der Waals surface area contributed by atoms with Crippen molar-refractivity contribution in [3.63, 3.8) is 0 Å². The third-order valence-electron chi connectivity index (χ3n) is 14.6. The van der Waals surface area contributed by atoms with E-state index in [1.807, 2.05) is 39.8 Å². The zero-order valence-electron chi connectivity index (χ0n) is 38.0. The van der Waals surface area contributed by atoms with Crippen LogP contribution in [0.1, 0.15) is 134 Å². The number of halogens is 2. The molecule has 0 spiro atoms. The molecule has 334 valence electrons. The molecule has 0 unspecified atom stereocenters. The molecule has 6 aromatic rings. The molecular formula is C56H62F2N2O4. The number of ether oxygens (including phenoxy) is 2. The van der Waals surface area contributed by atoms with Crippen LogP contribution < -0.4 is 9.47 Å². The number of nitrogens with zero attached hydrogens (tertiary/aromatic N) is 2. The molecular weight excluding hydrogens is 803 g/mol. The molecule has 8 heteroatoms. The summed E-state index contributed by atoms with van der Waals surface area (Å²) in [6, 6.07) is 17.1. The first-order valence-corrected chi connectivity index (χ1v) is 24.1. The Labute approximate surface area is 376 Å². The molecule has 2 heterocycles. The highest BCUT2D eigenvalue weighted by Crippen LogP contribution is 2.47. The van der Waals surface area contributed by atoms with E-state index < -0.39 is 11.6 Å². The first-order valence-electron chi connectivity index (χ1n) is 24.1. The number of aryl methyl sites for hydroxylation is 2. The fraction of sp³-hybridized carbons (Fsp3) is 0.429. The zero-order valence-corrected chi connectivity index (χ0v) is 38.0. The Kier molecular flexibility index (Phi) is 11.6. The molecule has 4 aromatic carbocycles. The minimum absolute atomic E-state index is 0.140. The maximum atomic E-state index is 15.1. The smallest absolute Gasteiger partial charge is 0.147 e. The summed E-state index contributed by atoms with van der Waals surface area (Å²) in [5.74, 6) is 0.487. The van der Waals surface area contributed by atoms with Crippen LogP contribution in [0.2, 0.25) is 0 Å². The van der Waals surface area contributed by atoms with Crippen LogP contribution in [0.15, 0.2) is 60.7 Å². The van der Waals surface area contributed by atoms with Gasteiger partial charge in [0, 0.05) is 45.0 Å². The Balaban J connectivity index is 0.895. The summed E-state index contributed by atoms with van der Waals surface area (Å²) in [7, 11) is 0. The molecule has 0 fully saturated rings. The van der Waals surface area contributed by atoms with E-state index >= 15 is 8.78 Å². The second-order valence-corrected chi connectivity index (χ2v) is 19.3. The predicted octanol–water partition coefficient (Wildman–Crippen LogP) is 13.4. The van der Waals surface area contributed by atoms with Gasteiger partial charge < -0.3 is 28.8 Å². The lowest BCUT2D eigenvalue weighted by molar-refractivity contribution is 0.161. The van der Waals surface area contributed by atoms with E-state index in [9.17, 15) is 10.2 Å². The van der Waals surface area contributed by atoms with E-state index in [4.69, 9.17) is 9.47 Å². The van der Waals surface area contributed by atoms with Crippen molar-refractivity contribution in [1.82, 2.24) is 9.13 Å². The second-order valence-electron chi connectivity index (χ2n) is 19.3. The van der Waals surface area contributed by atoms with E-state index in [-0.39, 0.29) is 23.7 Å². The fourth-order valence-corrected chi connectivity index (χ4v) is 11.7. The van der Waals surface area contributed by atoms with E-state index in [1.165, 1.54) is 95.0 Å². The molecule has 0 amide bonds. The van der Waals surface area contributed by atoms with Gasteiger partial charge in [0.25, 0.3) is 0 Å². The van der Waals surface area contributed by atoms with Crippen molar-refractivity contribution in [3.05, 3.63) is 128 Å². The van der Waals surface area contributed by atoms with Crippen LogP contribution in [0.4, 0.5) is 8.78 Å². The molecule has 2 atom stereocenters. The molecule has 4 aliphatic carbocycles. The number of hydrogen-bond donors (Lipinski definition) is 2. The summed E-state index contributed by atoms with van der Waals surface area (Å²) in [5.41, 5.74) is 16.9. The molecule has 0 saturated carbocycles. The Bertz CT molecular complexity index is 2510. The number of rotatable bonds is 11. The van der Waals surface area contributed by atoms with Crippen LogP contribution in [-0.4, -0.2) is 31.6 Å². The number of benzene rings is 4. The third-order valence-corrected chi connectivity index (χ3v) is 14.6. The van der Waals surface area contributed by atoms with Gasteiger partial charge in [-0.2, -0.15) is 0 Å². The van der Waals surface area contributed by atoms with Crippen molar-refractivity contribution in [2.75, 3.05) is 0 Å². The van der Waals surface area contributed by atoms with Crippen molar-refractivity contribution < 1.29 is 28.5 Å². The molecule has 2 aromatic heterocycles. The summed E-state index contributed by atoms with van der Waals surface area (Å²) in [6.07, 6.45) is 18.4.